The summed E-state index contributed by atoms with van der Waals surface area (Å²) in [6.45, 7) is 2.55. The highest BCUT2D eigenvalue weighted by molar-refractivity contribution is 5.75. The Labute approximate surface area is 102 Å². The van der Waals surface area contributed by atoms with E-state index in [2.05, 4.69) is 34.6 Å². The maximum atomic E-state index is 5.75. The molecule has 0 fully saturated rings. The summed E-state index contributed by atoms with van der Waals surface area (Å²) in [6, 6.07) is 8.21. The van der Waals surface area contributed by atoms with Crippen molar-refractivity contribution in [3.05, 3.63) is 30.1 Å². The Kier molecular flexibility index (Phi) is 3.76. The van der Waals surface area contributed by atoms with Gasteiger partial charge in [0.1, 0.15) is 5.82 Å². The van der Waals surface area contributed by atoms with Crippen molar-refractivity contribution < 1.29 is 0 Å². The third-order valence-electron chi connectivity index (χ3n) is 2.90. The first-order valence-electron chi connectivity index (χ1n) is 6.01. The second-order valence-electron chi connectivity index (χ2n) is 4.53. The number of rotatable bonds is 5. The Morgan fingerprint density at radius 1 is 1.29 bits per heavy atom. The van der Waals surface area contributed by atoms with E-state index in [0.29, 0.717) is 6.54 Å². The number of hydrogen-bond donors (Lipinski definition) is 1. The molecule has 1 aromatic carbocycles. The lowest BCUT2D eigenvalue weighted by Crippen LogP contribution is -2.16. The van der Waals surface area contributed by atoms with Crippen molar-refractivity contribution in [1.82, 2.24) is 14.5 Å². The standard InChI is InChI=1S/C13H20N4/c1-16(2)8-5-9-17-12-7-4-3-6-11(12)15-13(17)10-14/h3-4,6-7H,5,8-10,14H2,1-2H3. The summed E-state index contributed by atoms with van der Waals surface area (Å²) >= 11 is 0. The molecule has 0 amide bonds. The van der Waals surface area contributed by atoms with Crippen LogP contribution < -0.4 is 5.73 Å². The molecule has 4 heteroatoms. The molecule has 0 bridgehead atoms. The van der Waals surface area contributed by atoms with Crippen molar-refractivity contribution >= 4 is 11.0 Å². The Bertz CT molecular complexity index is 487. The summed E-state index contributed by atoms with van der Waals surface area (Å²) in [4.78, 5) is 6.75. The summed E-state index contributed by atoms with van der Waals surface area (Å²) in [6.07, 6.45) is 1.11. The van der Waals surface area contributed by atoms with Crippen LogP contribution in [0.5, 0.6) is 0 Å². The average Bonchev–Trinajstić information content (AvgIpc) is 2.67. The van der Waals surface area contributed by atoms with Gasteiger partial charge in [-0.3, -0.25) is 0 Å². The zero-order valence-electron chi connectivity index (χ0n) is 10.6. The second-order valence-corrected chi connectivity index (χ2v) is 4.53. The van der Waals surface area contributed by atoms with E-state index in [1.807, 2.05) is 18.2 Å². The molecule has 1 heterocycles. The molecule has 0 unspecified atom stereocenters. The lowest BCUT2D eigenvalue weighted by atomic mass is 10.3. The highest BCUT2D eigenvalue weighted by atomic mass is 15.1. The van der Waals surface area contributed by atoms with Crippen molar-refractivity contribution in [1.29, 1.82) is 0 Å². The highest BCUT2D eigenvalue weighted by Gasteiger charge is 2.08. The van der Waals surface area contributed by atoms with Crippen molar-refractivity contribution in [2.45, 2.75) is 19.5 Å². The van der Waals surface area contributed by atoms with E-state index in [4.69, 9.17) is 5.73 Å². The van der Waals surface area contributed by atoms with E-state index in [-0.39, 0.29) is 0 Å². The molecule has 0 saturated carbocycles. The molecule has 2 N–H and O–H groups in total. The minimum absolute atomic E-state index is 0.497. The number of benzene rings is 1. The zero-order chi connectivity index (χ0) is 12.3. The van der Waals surface area contributed by atoms with Gasteiger partial charge in [-0.2, -0.15) is 0 Å². The van der Waals surface area contributed by atoms with Crippen LogP contribution in [0.2, 0.25) is 0 Å². The first kappa shape index (κ1) is 12.1. The van der Waals surface area contributed by atoms with Crippen molar-refractivity contribution in [2.24, 2.45) is 5.73 Å². The minimum atomic E-state index is 0.497. The van der Waals surface area contributed by atoms with Crippen LogP contribution in [0, 0.1) is 0 Å². The van der Waals surface area contributed by atoms with Gasteiger partial charge in [-0.05, 0) is 39.2 Å². The number of aryl methyl sites for hydroxylation is 1. The number of nitrogens with zero attached hydrogens (tertiary/aromatic N) is 3. The first-order chi connectivity index (χ1) is 8.22. The molecular formula is C13H20N4. The van der Waals surface area contributed by atoms with Gasteiger partial charge >= 0.3 is 0 Å². The van der Waals surface area contributed by atoms with Gasteiger partial charge in [0, 0.05) is 6.54 Å². The topological polar surface area (TPSA) is 47.1 Å². The van der Waals surface area contributed by atoms with Crippen molar-refractivity contribution in [3.8, 4) is 0 Å². The quantitative estimate of drug-likeness (QED) is 0.848. The van der Waals surface area contributed by atoms with E-state index in [0.717, 1.165) is 30.9 Å². The van der Waals surface area contributed by atoms with E-state index in [9.17, 15) is 0 Å². The SMILES string of the molecule is CN(C)CCCn1c(CN)nc2ccccc21. The Morgan fingerprint density at radius 2 is 2.06 bits per heavy atom. The second kappa shape index (κ2) is 5.29. The minimum Gasteiger partial charge on any atom is -0.327 e. The third-order valence-corrected chi connectivity index (χ3v) is 2.90. The van der Waals surface area contributed by atoms with Crippen LogP contribution in [-0.4, -0.2) is 35.1 Å². The van der Waals surface area contributed by atoms with E-state index < -0.39 is 0 Å². The normalized spacial score (nSPS) is 11.5. The molecule has 1 aromatic heterocycles. The van der Waals surface area contributed by atoms with Gasteiger partial charge in [0.25, 0.3) is 0 Å². The average molecular weight is 232 g/mol. The summed E-state index contributed by atoms with van der Waals surface area (Å²) < 4.78 is 2.23. The molecule has 4 nitrogen and oxygen atoms in total. The maximum absolute atomic E-state index is 5.75. The fourth-order valence-electron chi connectivity index (χ4n) is 2.08. The third kappa shape index (κ3) is 2.65. The van der Waals surface area contributed by atoms with Gasteiger partial charge < -0.3 is 15.2 Å². The molecule has 0 aliphatic rings. The van der Waals surface area contributed by atoms with Gasteiger partial charge in [0.2, 0.25) is 0 Å². The smallest absolute Gasteiger partial charge is 0.123 e. The number of nitrogens with two attached hydrogens (primary N) is 1. The molecule has 0 aliphatic carbocycles. The molecular weight excluding hydrogens is 212 g/mol. The fraction of sp³-hybridized carbons (Fsp3) is 0.462. The van der Waals surface area contributed by atoms with Crippen LogP contribution in [-0.2, 0) is 13.1 Å². The van der Waals surface area contributed by atoms with Gasteiger partial charge in [0.15, 0.2) is 0 Å². The van der Waals surface area contributed by atoms with Crippen molar-refractivity contribution in [2.75, 3.05) is 20.6 Å². The number of para-hydroxylation sites is 2. The zero-order valence-corrected chi connectivity index (χ0v) is 10.6. The summed E-state index contributed by atoms with van der Waals surface area (Å²) in [5.74, 6) is 0.977. The number of fused-ring (bicyclic) bond motifs is 1. The molecule has 2 rings (SSSR count). The number of imidazole rings is 1. The molecule has 0 radical (unpaired) electrons. The van der Waals surface area contributed by atoms with E-state index in [1.54, 1.807) is 0 Å². The molecule has 0 saturated heterocycles. The molecule has 0 aliphatic heterocycles. The predicted octanol–water partition coefficient (Wildman–Crippen LogP) is 1.45. The van der Waals surface area contributed by atoms with Gasteiger partial charge in [-0.25, -0.2) is 4.98 Å². The maximum Gasteiger partial charge on any atom is 0.123 e. The van der Waals surface area contributed by atoms with Crippen LogP contribution in [0.1, 0.15) is 12.2 Å². The highest BCUT2D eigenvalue weighted by Crippen LogP contribution is 2.16. The lowest BCUT2D eigenvalue weighted by Gasteiger charge is -2.11. The van der Waals surface area contributed by atoms with Crippen LogP contribution in [0.4, 0.5) is 0 Å². The van der Waals surface area contributed by atoms with Crippen LogP contribution in [0.3, 0.4) is 0 Å². The first-order valence-corrected chi connectivity index (χ1v) is 6.01. The molecule has 2 aromatic rings. The van der Waals surface area contributed by atoms with Crippen molar-refractivity contribution in [3.63, 3.8) is 0 Å². The summed E-state index contributed by atoms with van der Waals surface area (Å²) in [5, 5.41) is 0. The van der Waals surface area contributed by atoms with E-state index in [1.165, 1.54) is 5.52 Å². The monoisotopic (exact) mass is 232 g/mol. The number of aromatic nitrogens is 2. The molecule has 0 atom stereocenters. The Hall–Kier alpha value is -1.39. The van der Waals surface area contributed by atoms with E-state index >= 15 is 0 Å². The lowest BCUT2D eigenvalue weighted by molar-refractivity contribution is 0.386. The fourth-order valence-corrected chi connectivity index (χ4v) is 2.08. The van der Waals surface area contributed by atoms with Gasteiger partial charge in [-0.15, -0.1) is 0 Å². The van der Waals surface area contributed by atoms with Crippen LogP contribution in [0.25, 0.3) is 11.0 Å². The number of hydrogen-bond acceptors (Lipinski definition) is 3. The summed E-state index contributed by atoms with van der Waals surface area (Å²) in [5.41, 5.74) is 7.98. The molecule has 0 spiro atoms. The molecule has 17 heavy (non-hydrogen) atoms. The van der Waals surface area contributed by atoms with Gasteiger partial charge in [0.05, 0.1) is 17.6 Å². The summed E-state index contributed by atoms with van der Waals surface area (Å²) in [7, 11) is 4.19. The predicted molar refractivity (Wildman–Crippen MR) is 70.8 cm³/mol. The molecule has 92 valence electrons. The Morgan fingerprint density at radius 3 is 2.76 bits per heavy atom. The Balaban J connectivity index is 2.24. The van der Waals surface area contributed by atoms with Crippen LogP contribution in [0.15, 0.2) is 24.3 Å². The largest absolute Gasteiger partial charge is 0.327 e. The van der Waals surface area contributed by atoms with Gasteiger partial charge in [-0.1, -0.05) is 12.1 Å². The van der Waals surface area contributed by atoms with Crippen LogP contribution >= 0.6 is 0 Å².